The second-order valence-electron chi connectivity index (χ2n) is 6.62. The largest absolute Gasteiger partial charge is 0.460 e. The first-order valence-electron chi connectivity index (χ1n) is 9.16. The van der Waals surface area contributed by atoms with Crippen LogP contribution in [0.25, 0.3) is 10.1 Å². The van der Waals surface area contributed by atoms with Crippen LogP contribution in [0.4, 0.5) is 4.39 Å². The molecule has 0 spiro atoms. The van der Waals surface area contributed by atoms with Crippen LogP contribution in [-0.2, 0) is 14.3 Å². The van der Waals surface area contributed by atoms with Crippen molar-refractivity contribution in [3.63, 3.8) is 0 Å². The SMILES string of the molecule is COCCOC(=O)C1=C(N)Oc2c(c(=O)sc3ccccc23)[C@H]1c1ccc(F)cc1. The molecule has 0 aliphatic carbocycles. The predicted molar refractivity (Wildman–Crippen MR) is 111 cm³/mol. The summed E-state index contributed by atoms with van der Waals surface area (Å²) in [4.78, 5) is 25.9. The summed E-state index contributed by atoms with van der Waals surface area (Å²) < 4.78 is 30.0. The summed E-state index contributed by atoms with van der Waals surface area (Å²) in [6, 6.07) is 12.8. The van der Waals surface area contributed by atoms with Gasteiger partial charge in [-0.3, -0.25) is 4.79 Å². The summed E-state index contributed by atoms with van der Waals surface area (Å²) in [5, 5.41) is 0.707. The standard InChI is InChI=1S/C22H18FNO5S/c1-27-10-11-28-21(25)18-16(12-6-8-13(23)9-7-12)17-19(29-20(18)24)14-4-2-3-5-15(14)30-22(17)26/h2-9,16H,10-11,24H2,1H3/t16-/m1/s1. The molecular formula is C22H18FNO5S. The molecule has 1 aliphatic heterocycles. The highest BCUT2D eigenvalue weighted by atomic mass is 32.1. The van der Waals surface area contributed by atoms with E-state index in [1.165, 1.54) is 31.4 Å². The van der Waals surface area contributed by atoms with Gasteiger partial charge in [-0.1, -0.05) is 35.6 Å². The average Bonchev–Trinajstić information content (AvgIpc) is 2.73. The minimum atomic E-state index is -0.849. The molecule has 0 saturated heterocycles. The first-order chi connectivity index (χ1) is 14.5. The molecular weight excluding hydrogens is 409 g/mol. The molecule has 154 valence electrons. The molecule has 1 atom stereocenters. The Labute approximate surface area is 175 Å². The number of benzene rings is 2. The Morgan fingerprint density at radius 2 is 1.90 bits per heavy atom. The smallest absolute Gasteiger partial charge is 0.340 e. The molecule has 8 heteroatoms. The van der Waals surface area contributed by atoms with Gasteiger partial charge in [-0.25, -0.2) is 9.18 Å². The van der Waals surface area contributed by atoms with Gasteiger partial charge in [-0.05, 0) is 29.8 Å². The molecule has 0 amide bonds. The van der Waals surface area contributed by atoms with Crippen LogP contribution in [0.1, 0.15) is 17.0 Å². The Balaban J connectivity index is 1.93. The van der Waals surface area contributed by atoms with Crippen LogP contribution in [0.5, 0.6) is 5.75 Å². The lowest BCUT2D eigenvalue weighted by molar-refractivity contribution is -0.140. The fourth-order valence-electron chi connectivity index (χ4n) is 3.45. The van der Waals surface area contributed by atoms with Crippen molar-refractivity contribution in [2.24, 2.45) is 5.73 Å². The lowest BCUT2D eigenvalue weighted by Gasteiger charge is -2.28. The maximum Gasteiger partial charge on any atom is 0.340 e. The summed E-state index contributed by atoms with van der Waals surface area (Å²) in [6.45, 7) is 0.219. The summed E-state index contributed by atoms with van der Waals surface area (Å²) in [5.74, 6) is -1.86. The third kappa shape index (κ3) is 3.55. The van der Waals surface area contributed by atoms with Crippen molar-refractivity contribution in [3.8, 4) is 5.75 Å². The highest BCUT2D eigenvalue weighted by Crippen LogP contribution is 2.44. The quantitative estimate of drug-likeness (QED) is 0.497. The van der Waals surface area contributed by atoms with Gasteiger partial charge in [0.05, 0.1) is 18.1 Å². The van der Waals surface area contributed by atoms with Crippen molar-refractivity contribution in [1.29, 1.82) is 0 Å². The van der Waals surface area contributed by atoms with Crippen molar-refractivity contribution < 1.29 is 23.4 Å². The summed E-state index contributed by atoms with van der Waals surface area (Å²) in [6.07, 6.45) is 0. The van der Waals surface area contributed by atoms with Crippen LogP contribution >= 0.6 is 11.3 Å². The van der Waals surface area contributed by atoms with E-state index in [0.717, 1.165) is 16.0 Å². The lowest BCUT2D eigenvalue weighted by Crippen LogP contribution is -2.31. The Hall–Kier alpha value is -3.23. The Kier molecular flexibility index (Phi) is 5.52. The van der Waals surface area contributed by atoms with Gasteiger partial charge < -0.3 is 19.9 Å². The monoisotopic (exact) mass is 427 g/mol. The predicted octanol–water partition coefficient (Wildman–Crippen LogP) is 3.28. The van der Waals surface area contributed by atoms with Gasteiger partial charge in [-0.15, -0.1) is 0 Å². The minimum Gasteiger partial charge on any atom is -0.460 e. The molecule has 1 aliphatic rings. The molecule has 2 aromatic carbocycles. The molecule has 30 heavy (non-hydrogen) atoms. The van der Waals surface area contributed by atoms with E-state index < -0.39 is 17.7 Å². The van der Waals surface area contributed by atoms with Gasteiger partial charge >= 0.3 is 5.97 Å². The molecule has 3 aromatic rings. The number of rotatable bonds is 5. The van der Waals surface area contributed by atoms with Crippen LogP contribution in [-0.4, -0.2) is 26.3 Å². The first kappa shape index (κ1) is 20.1. The number of methoxy groups -OCH3 is 1. The molecule has 0 unspecified atom stereocenters. The van der Waals surface area contributed by atoms with Crippen molar-refractivity contribution in [2.45, 2.75) is 5.92 Å². The number of nitrogens with two attached hydrogens (primary N) is 1. The number of carbonyl (C=O) groups excluding carboxylic acids is 1. The highest BCUT2D eigenvalue weighted by Gasteiger charge is 2.38. The van der Waals surface area contributed by atoms with Crippen LogP contribution in [0, 0.1) is 5.82 Å². The number of hydrogen-bond acceptors (Lipinski definition) is 7. The summed E-state index contributed by atoms with van der Waals surface area (Å²) in [5.41, 5.74) is 6.96. The Morgan fingerprint density at radius 1 is 1.17 bits per heavy atom. The maximum absolute atomic E-state index is 13.5. The Bertz CT molecular complexity index is 1200. The summed E-state index contributed by atoms with van der Waals surface area (Å²) in [7, 11) is 1.49. The molecule has 6 nitrogen and oxygen atoms in total. The third-order valence-corrected chi connectivity index (χ3v) is 5.78. The number of ether oxygens (including phenoxy) is 3. The molecule has 2 N–H and O–H groups in total. The second kappa shape index (κ2) is 8.25. The van der Waals surface area contributed by atoms with Gasteiger partial charge in [-0.2, -0.15) is 0 Å². The topological polar surface area (TPSA) is 87.8 Å². The average molecular weight is 427 g/mol. The van der Waals surface area contributed by atoms with E-state index >= 15 is 0 Å². The first-order valence-corrected chi connectivity index (χ1v) is 9.97. The molecule has 1 aromatic heterocycles. The molecule has 2 heterocycles. The summed E-state index contributed by atoms with van der Waals surface area (Å²) >= 11 is 1.05. The van der Waals surface area contributed by atoms with Crippen LogP contribution < -0.4 is 15.2 Å². The van der Waals surface area contributed by atoms with Crippen LogP contribution in [0.2, 0.25) is 0 Å². The lowest BCUT2D eigenvalue weighted by atomic mass is 9.83. The minimum absolute atomic E-state index is 0.00444. The van der Waals surface area contributed by atoms with Crippen LogP contribution in [0.3, 0.4) is 0 Å². The zero-order valence-corrected chi connectivity index (χ0v) is 16.8. The van der Waals surface area contributed by atoms with E-state index in [1.807, 2.05) is 24.3 Å². The fourth-order valence-corrected chi connectivity index (χ4v) is 4.39. The number of carbonyl (C=O) groups is 1. The molecule has 0 bridgehead atoms. The van der Waals surface area contributed by atoms with Crippen molar-refractivity contribution in [3.05, 3.63) is 86.5 Å². The molecule has 4 rings (SSSR count). The van der Waals surface area contributed by atoms with E-state index in [-0.39, 0.29) is 35.0 Å². The van der Waals surface area contributed by atoms with Crippen LogP contribution in [0.15, 0.2) is 64.8 Å². The van der Waals surface area contributed by atoms with Gasteiger partial charge in [0.1, 0.15) is 23.7 Å². The fraction of sp³-hybridized carbons (Fsp3) is 0.182. The molecule has 0 radical (unpaired) electrons. The molecule has 0 fully saturated rings. The van der Waals surface area contributed by atoms with E-state index in [0.29, 0.717) is 16.7 Å². The van der Waals surface area contributed by atoms with Crippen molar-refractivity contribution in [1.82, 2.24) is 0 Å². The second-order valence-corrected chi connectivity index (χ2v) is 7.64. The van der Waals surface area contributed by atoms with E-state index in [1.54, 1.807) is 0 Å². The zero-order valence-electron chi connectivity index (χ0n) is 16.0. The number of halogens is 1. The van der Waals surface area contributed by atoms with Gasteiger partial charge in [0.2, 0.25) is 10.6 Å². The van der Waals surface area contributed by atoms with Gasteiger partial charge in [0.15, 0.2) is 0 Å². The highest BCUT2D eigenvalue weighted by molar-refractivity contribution is 7.16. The third-order valence-electron chi connectivity index (χ3n) is 4.80. The Morgan fingerprint density at radius 3 is 2.63 bits per heavy atom. The van der Waals surface area contributed by atoms with Crippen molar-refractivity contribution >= 4 is 27.4 Å². The van der Waals surface area contributed by atoms with Gasteiger partial charge in [0.25, 0.3) is 0 Å². The van der Waals surface area contributed by atoms with E-state index in [9.17, 15) is 14.0 Å². The number of esters is 1. The van der Waals surface area contributed by atoms with E-state index in [4.69, 9.17) is 19.9 Å². The number of hydrogen-bond donors (Lipinski definition) is 1. The number of fused-ring (bicyclic) bond motifs is 3. The van der Waals surface area contributed by atoms with Crippen molar-refractivity contribution in [2.75, 3.05) is 20.3 Å². The maximum atomic E-state index is 13.5. The molecule has 0 saturated carbocycles. The zero-order chi connectivity index (χ0) is 21.3. The normalized spacial score (nSPS) is 15.6. The van der Waals surface area contributed by atoms with E-state index in [2.05, 4.69) is 0 Å². The van der Waals surface area contributed by atoms with Gasteiger partial charge in [0, 0.05) is 17.2 Å².